The Hall–Kier alpha value is -1.97. The topological polar surface area (TPSA) is 90.0 Å². The van der Waals surface area contributed by atoms with Gasteiger partial charge in [0.15, 0.2) is 0 Å². The molecule has 0 bridgehead atoms. The molecule has 0 aromatic heterocycles. The van der Waals surface area contributed by atoms with Crippen LogP contribution in [0.1, 0.15) is 36.0 Å². The summed E-state index contributed by atoms with van der Waals surface area (Å²) in [5.74, 6) is -0.195. The van der Waals surface area contributed by atoms with E-state index in [1.54, 1.807) is 17.0 Å². The van der Waals surface area contributed by atoms with Crippen molar-refractivity contribution in [3.63, 3.8) is 0 Å². The first-order valence-corrected chi connectivity index (χ1v) is 11.7. The second-order valence-corrected chi connectivity index (χ2v) is 9.62. The van der Waals surface area contributed by atoms with Crippen molar-refractivity contribution in [2.24, 2.45) is 0 Å². The van der Waals surface area contributed by atoms with Crippen LogP contribution in [0.3, 0.4) is 0 Å². The van der Waals surface area contributed by atoms with Crippen LogP contribution >= 0.6 is 0 Å². The van der Waals surface area contributed by atoms with Crippen molar-refractivity contribution < 1.29 is 18.0 Å². The first kappa shape index (κ1) is 21.7. The number of benzene rings is 1. The molecule has 2 heterocycles. The average Bonchev–Trinajstić information content (AvgIpc) is 2.92. The zero-order valence-corrected chi connectivity index (χ0v) is 17.8. The fraction of sp³-hybridized carbons (Fsp3) is 0.600. The number of sulfonamides is 1. The number of nitrogens with zero attached hydrogens (tertiary/aromatic N) is 3. The van der Waals surface area contributed by atoms with Crippen molar-refractivity contribution in [2.75, 3.05) is 52.9 Å². The Morgan fingerprint density at radius 1 is 1.07 bits per heavy atom. The van der Waals surface area contributed by atoms with Gasteiger partial charge in [-0.1, -0.05) is 12.5 Å². The highest BCUT2D eigenvalue weighted by Crippen LogP contribution is 2.18. The lowest BCUT2D eigenvalue weighted by Gasteiger charge is -2.31. The van der Waals surface area contributed by atoms with Crippen molar-refractivity contribution in [3.8, 4) is 0 Å². The third-order valence-corrected chi connectivity index (χ3v) is 7.43. The summed E-state index contributed by atoms with van der Waals surface area (Å²) >= 11 is 0. The number of likely N-dealkylation sites (tertiary alicyclic amines) is 1. The summed E-state index contributed by atoms with van der Waals surface area (Å²) in [5, 5.41) is 2.80. The summed E-state index contributed by atoms with van der Waals surface area (Å²) in [6.45, 7) is 3.82. The molecule has 3 rings (SSSR count). The Bertz CT molecular complexity index is 835. The summed E-state index contributed by atoms with van der Waals surface area (Å²) in [7, 11) is -1.65. The number of piperazine rings is 1. The molecule has 0 unspecified atom stereocenters. The van der Waals surface area contributed by atoms with E-state index in [1.165, 1.54) is 16.4 Å². The van der Waals surface area contributed by atoms with Crippen LogP contribution < -0.4 is 5.32 Å². The van der Waals surface area contributed by atoms with Crippen molar-refractivity contribution in [1.29, 1.82) is 0 Å². The van der Waals surface area contributed by atoms with E-state index in [9.17, 15) is 18.0 Å². The predicted molar refractivity (Wildman–Crippen MR) is 110 cm³/mol. The van der Waals surface area contributed by atoms with Crippen LogP contribution in [0.2, 0.25) is 0 Å². The van der Waals surface area contributed by atoms with Crippen LogP contribution in [0.4, 0.5) is 0 Å². The van der Waals surface area contributed by atoms with E-state index in [0.29, 0.717) is 51.3 Å². The first-order chi connectivity index (χ1) is 13.9. The maximum Gasteiger partial charge on any atom is 0.251 e. The van der Waals surface area contributed by atoms with E-state index >= 15 is 0 Å². The zero-order valence-electron chi connectivity index (χ0n) is 17.0. The lowest BCUT2D eigenvalue weighted by Crippen LogP contribution is -2.47. The molecule has 0 radical (unpaired) electrons. The number of nitrogens with one attached hydrogen (secondary N) is 1. The van der Waals surface area contributed by atoms with Crippen LogP contribution in [0, 0.1) is 0 Å². The van der Waals surface area contributed by atoms with E-state index in [4.69, 9.17) is 0 Å². The van der Waals surface area contributed by atoms with E-state index < -0.39 is 10.0 Å². The van der Waals surface area contributed by atoms with Gasteiger partial charge >= 0.3 is 0 Å². The van der Waals surface area contributed by atoms with Crippen LogP contribution in [0.15, 0.2) is 29.2 Å². The summed E-state index contributed by atoms with van der Waals surface area (Å²) in [4.78, 5) is 28.5. The Morgan fingerprint density at radius 3 is 2.59 bits per heavy atom. The highest BCUT2D eigenvalue weighted by molar-refractivity contribution is 7.89. The van der Waals surface area contributed by atoms with Gasteiger partial charge in [0, 0.05) is 57.8 Å². The molecule has 2 amide bonds. The third kappa shape index (κ3) is 5.55. The number of carbonyl (C=O) groups is 2. The van der Waals surface area contributed by atoms with Crippen LogP contribution in [0.25, 0.3) is 0 Å². The smallest absolute Gasteiger partial charge is 0.251 e. The number of likely N-dealkylation sites (N-methyl/N-ethyl adjacent to an activating group) is 1. The van der Waals surface area contributed by atoms with Gasteiger partial charge in [0.25, 0.3) is 5.91 Å². The molecule has 29 heavy (non-hydrogen) atoms. The minimum atomic E-state index is -3.62. The fourth-order valence-corrected chi connectivity index (χ4v) is 5.13. The Balaban J connectivity index is 1.59. The van der Waals surface area contributed by atoms with Gasteiger partial charge < -0.3 is 15.1 Å². The normalized spacial score (nSPS) is 19.8. The molecule has 0 atom stereocenters. The van der Waals surface area contributed by atoms with Gasteiger partial charge in [0.2, 0.25) is 15.9 Å². The van der Waals surface area contributed by atoms with E-state index in [1.807, 2.05) is 7.05 Å². The average molecular weight is 423 g/mol. The lowest BCUT2D eigenvalue weighted by atomic mass is 10.2. The molecule has 0 spiro atoms. The standard InChI is InChI=1S/C20H30N4O4S/c1-22-12-14-24(15-13-22)29(27,28)18-7-5-6-17(16-18)20(26)21-9-11-23-10-4-2-3-8-19(23)25/h5-7,16H,2-4,8-15H2,1H3,(H,21,26). The van der Waals surface area contributed by atoms with E-state index in [0.717, 1.165) is 25.8 Å². The molecule has 0 saturated carbocycles. The minimum absolute atomic E-state index is 0.136. The monoisotopic (exact) mass is 422 g/mol. The zero-order chi connectivity index (χ0) is 20.9. The molecule has 1 aromatic carbocycles. The van der Waals surface area contributed by atoms with Crippen molar-refractivity contribution in [3.05, 3.63) is 29.8 Å². The molecule has 8 nitrogen and oxygen atoms in total. The first-order valence-electron chi connectivity index (χ1n) is 10.2. The second kappa shape index (κ2) is 9.69. The Kier molecular flexibility index (Phi) is 7.26. The largest absolute Gasteiger partial charge is 0.350 e. The SMILES string of the molecule is CN1CCN(S(=O)(=O)c2cccc(C(=O)NCCN3CCCCCC3=O)c2)CC1. The molecule has 2 saturated heterocycles. The highest BCUT2D eigenvalue weighted by atomic mass is 32.2. The van der Waals surface area contributed by atoms with Gasteiger partial charge in [-0.3, -0.25) is 9.59 Å². The summed E-state index contributed by atoms with van der Waals surface area (Å²) in [6, 6.07) is 6.16. The minimum Gasteiger partial charge on any atom is -0.350 e. The quantitative estimate of drug-likeness (QED) is 0.731. The van der Waals surface area contributed by atoms with Gasteiger partial charge in [-0.05, 0) is 38.1 Å². The maximum atomic E-state index is 12.9. The molecule has 2 aliphatic heterocycles. The number of carbonyl (C=O) groups excluding carboxylic acids is 2. The van der Waals surface area contributed by atoms with Gasteiger partial charge in [0.05, 0.1) is 4.90 Å². The molecule has 160 valence electrons. The van der Waals surface area contributed by atoms with Gasteiger partial charge in [0.1, 0.15) is 0 Å². The summed E-state index contributed by atoms with van der Waals surface area (Å²) < 4.78 is 27.2. The number of amides is 2. The molecular formula is C20H30N4O4S. The number of rotatable bonds is 6. The lowest BCUT2D eigenvalue weighted by molar-refractivity contribution is -0.130. The van der Waals surface area contributed by atoms with Gasteiger partial charge in [-0.15, -0.1) is 0 Å². The molecule has 1 aromatic rings. The van der Waals surface area contributed by atoms with E-state index in [-0.39, 0.29) is 16.7 Å². The Morgan fingerprint density at radius 2 is 1.83 bits per heavy atom. The highest BCUT2D eigenvalue weighted by Gasteiger charge is 2.28. The van der Waals surface area contributed by atoms with E-state index in [2.05, 4.69) is 10.2 Å². The predicted octanol–water partition coefficient (Wildman–Crippen LogP) is 0.755. The molecule has 2 fully saturated rings. The molecule has 9 heteroatoms. The van der Waals surface area contributed by atoms with Crippen molar-refractivity contribution >= 4 is 21.8 Å². The summed E-state index contributed by atoms with van der Waals surface area (Å²) in [6.07, 6.45) is 3.55. The molecule has 2 aliphatic rings. The molecule has 1 N–H and O–H groups in total. The maximum absolute atomic E-state index is 12.9. The van der Waals surface area contributed by atoms with Crippen molar-refractivity contribution in [2.45, 2.75) is 30.6 Å². The number of hydrogen-bond donors (Lipinski definition) is 1. The van der Waals surface area contributed by atoms with Crippen LogP contribution in [0.5, 0.6) is 0 Å². The van der Waals surface area contributed by atoms with Crippen LogP contribution in [-0.4, -0.2) is 87.2 Å². The second-order valence-electron chi connectivity index (χ2n) is 7.68. The molecular weight excluding hydrogens is 392 g/mol. The van der Waals surface area contributed by atoms with Gasteiger partial charge in [-0.25, -0.2) is 8.42 Å². The van der Waals surface area contributed by atoms with Crippen LogP contribution in [-0.2, 0) is 14.8 Å². The molecule has 0 aliphatic carbocycles. The fourth-order valence-electron chi connectivity index (χ4n) is 3.66. The van der Waals surface area contributed by atoms with Crippen molar-refractivity contribution in [1.82, 2.24) is 19.4 Å². The number of hydrogen-bond acceptors (Lipinski definition) is 5. The third-order valence-electron chi connectivity index (χ3n) is 5.53. The van der Waals surface area contributed by atoms with Gasteiger partial charge in [-0.2, -0.15) is 4.31 Å². The Labute approximate surface area is 172 Å². The summed E-state index contributed by atoms with van der Waals surface area (Å²) in [5.41, 5.74) is 0.308.